The highest BCUT2D eigenvalue weighted by molar-refractivity contribution is 6.00. The van der Waals surface area contributed by atoms with Crippen molar-refractivity contribution in [2.75, 3.05) is 0 Å². The molecule has 1 fully saturated rings. The van der Waals surface area contributed by atoms with Gasteiger partial charge in [0.15, 0.2) is 0 Å². The maximum absolute atomic E-state index is 12.0. The number of carbonyl (C=O) groups is 2. The average molecular weight is 265 g/mol. The molecule has 104 valence electrons. The molecule has 2 aliphatic rings. The number of carbonyl (C=O) groups excluding carboxylic acids is 1. The first-order valence-corrected chi connectivity index (χ1v) is 6.56. The van der Waals surface area contributed by atoms with Gasteiger partial charge < -0.3 is 15.1 Å². The van der Waals surface area contributed by atoms with Gasteiger partial charge in [0.05, 0.1) is 18.1 Å². The standard InChI is InChI=1S/C14H19NO4/c1-4-5-6-9-7(2)11-10(8(3)16)13(17)15(11)12(9)14(18)19/h5-8,10-11,16H,4H2,1-3H3,(H,18,19)/b6-5+. The van der Waals surface area contributed by atoms with Crippen molar-refractivity contribution in [3.63, 3.8) is 0 Å². The van der Waals surface area contributed by atoms with E-state index in [1.165, 1.54) is 4.90 Å². The summed E-state index contributed by atoms with van der Waals surface area (Å²) in [5.41, 5.74) is 0.750. The third-order valence-corrected chi connectivity index (χ3v) is 3.96. The second-order valence-corrected chi connectivity index (χ2v) is 5.17. The molecule has 0 spiro atoms. The number of β-lactam (4-membered cyclic amide) rings is 1. The monoisotopic (exact) mass is 265 g/mol. The maximum Gasteiger partial charge on any atom is 0.352 e. The number of aliphatic carboxylic acids is 1. The van der Waals surface area contributed by atoms with Crippen LogP contribution >= 0.6 is 0 Å². The topological polar surface area (TPSA) is 77.8 Å². The van der Waals surface area contributed by atoms with Gasteiger partial charge in [-0.15, -0.1) is 0 Å². The van der Waals surface area contributed by atoms with E-state index in [4.69, 9.17) is 0 Å². The molecule has 0 aromatic carbocycles. The van der Waals surface area contributed by atoms with E-state index < -0.39 is 18.0 Å². The molecule has 2 heterocycles. The van der Waals surface area contributed by atoms with Gasteiger partial charge in [-0.2, -0.15) is 0 Å². The molecule has 5 heteroatoms. The van der Waals surface area contributed by atoms with E-state index in [-0.39, 0.29) is 23.6 Å². The fourth-order valence-electron chi connectivity index (χ4n) is 3.06. The summed E-state index contributed by atoms with van der Waals surface area (Å²) in [6, 6.07) is -0.227. The first-order chi connectivity index (χ1) is 8.91. The Morgan fingerprint density at radius 1 is 1.53 bits per heavy atom. The van der Waals surface area contributed by atoms with Gasteiger partial charge in [-0.25, -0.2) is 4.79 Å². The zero-order chi connectivity index (χ0) is 14.3. The summed E-state index contributed by atoms with van der Waals surface area (Å²) >= 11 is 0. The number of rotatable bonds is 4. The predicted octanol–water partition coefficient (Wildman–Crippen LogP) is 1.15. The van der Waals surface area contributed by atoms with E-state index >= 15 is 0 Å². The number of nitrogens with zero attached hydrogens (tertiary/aromatic N) is 1. The summed E-state index contributed by atoms with van der Waals surface area (Å²) < 4.78 is 0. The molecule has 0 aliphatic carbocycles. The van der Waals surface area contributed by atoms with E-state index in [0.29, 0.717) is 5.57 Å². The molecular weight excluding hydrogens is 246 g/mol. The highest BCUT2D eigenvalue weighted by atomic mass is 16.4. The van der Waals surface area contributed by atoms with Gasteiger partial charge in [-0.3, -0.25) is 4.79 Å². The molecule has 4 unspecified atom stereocenters. The molecule has 1 saturated heterocycles. The zero-order valence-corrected chi connectivity index (χ0v) is 11.3. The van der Waals surface area contributed by atoms with Crippen LogP contribution in [0.3, 0.4) is 0 Å². The van der Waals surface area contributed by atoms with Crippen molar-refractivity contribution < 1.29 is 19.8 Å². The number of carboxylic acids is 1. The molecule has 0 bridgehead atoms. The van der Waals surface area contributed by atoms with Crippen molar-refractivity contribution >= 4 is 11.9 Å². The number of hydrogen-bond donors (Lipinski definition) is 2. The molecule has 2 rings (SSSR count). The first kappa shape index (κ1) is 13.8. The summed E-state index contributed by atoms with van der Waals surface area (Å²) in [4.78, 5) is 24.7. The number of aliphatic hydroxyl groups is 1. The largest absolute Gasteiger partial charge is 0.477 e. The zero-order valence-electron chi connectivity index (χ0n) is 11.3. The number of allylic oxidation sites excluding steroid dienone is 2. The number of fused-ring (bicyclic) bond motifs is 1. The molecule has 2 aliphatic heterocycles. The lowest BCUT2D eigenvalue weighted by molar-refractivity contribution is -0.163. The number of amides is 1. The van der Waals surface area contributed by atoms with Crippen molar-refractivity contribution in [3.05, 3.63) is 23.4 Å². The van der Waals surface area contributed by atoms with Crippen LogP contribution < -0.4 is 0 Å². The summed E-state index contributed by atoms with van der Waals surface area (Å²) in [7, 11) is 0. The van der Waals surface area contributed by atoms with E-state index in [0.717, 1.165) is 6.42 Å². The quantitative estimate of drug-likeness (QED) is 0.747. The van der Waals surface area contributed by atoms with E-state index in [1.54, 1.807) is 13.0 Å². The van der Waals surface area contributed by atoms with Crippen molar-refractivity contribution in [3.8, 4) is 0 Å². The van der Waals surface area contributed by atoms with Gasteiger partial charge in [0.1, 0.15) is 5.70 Å². The lowest BCUT2D eigenvalue weighted by Crippen LogP contribution is -2.63. The Bertz CT molecular complexity index is 478. The number of aliphatic hydroxyl groups excluding tert-OH is 1. The van der Waals surface area contributed by atoms with Crippen molar-refractivity contribution in [1.82, 2.24) is 4.90 Å². The lowest BCUT2D eigenvalue weighted by atomic mass is 9.77. The molecular formula is C14H19NO4. The van der Waals surface area contributed by atoms with Gasteiger partial charge in [0.25, 0.3) is 0 Å². The Morgan fingerprint density at radius 2 is 2.16 bits per heavy atom. The van der Waals surface area contributed by atoms with Crippen molar-refractivity contribution in [2.45, 2.75) is 39.3 Å². The van der Waals surface area contributed by atoms with Crippen LogP contribution in [0.25, 0.3) is 0 Å². The molecule has 5 nitrogen and oxygen atoms in total. The van der Waals surface area contributed by atoms with Crippen LogP contribution in [-0.2, 0) is 9.59 Å². The summed E-state index contributed by atoms with van der Waals surface area (Å²) in [5, 5.41) is 19.0. The average Bonchev–Trinajstić information content (AvgIpc) is 2.56. The molecule has 0 saturated carbocycles. The van der Waals surface area contributed by atoms with Crippen LogP contribution in [0.1, 0.15) is 27.2 Å². The van der Waals surface area contributed by atoms with Gasteiger partial charge in [-0.1, -0.05) is 26.0 Å². The Morgan fingerprint density at radius 3 is 2.63 bits per heavy atom. The minimum Gasteiger partial charge on any atom is -0.477 e. The van der Waals surface area contributed by atoms with Gasteiger partial charge in [-0.05, 0) is 18.9 Å². The Balaban J connectivity index is 2.40. The second-order valence-electron chi connectivity index (χ2n) is 5.17. The lowest BCUT2D eigenvalue weighted by Gasteiger charge is -2.46. The molecule has 2 N–H and O–H groups in total. The number of carboxylic acid groups (broad SMARTS) is 1. The van der Waals surface area contributed by atoms with Gasteiger partial charge in [0.2, 0.25) is 5.91 Å². The number of hydrogen-bond acceptors (Lipinski definition) is 3. The van der Waals surface area contributed by atoms with Crippen LogP contribution in [0.5, 0.6) is 0 Å². The van der Waals surface area contributed by atoms with Gasteiger partial charge >= 0.3 is 5.97 Å². The highest BCUT2D eigenvalue weighted by Gasteiger charge is 2.59. The van der Waals surface area contributed by atoms with Crippen molar-refractivity contribution in [1.29, 1.82) is 0 Å². The van der Waals surface area contributed by atoms with Crippen LogP contribution in [0, 0.1) is 11.8 Å². The molecule has 0 aromatic heterocycles. The second kappa shape index (κ2) is 4.81. The minimum atomic E-state index is -1.08. The van der Waals surface area contributed by atoms with Crippen LogP contribution in [0.15, 0.2) is 23.4 Å². The first-order valence-electron chi connectivity index (χ1n) is 6.56. The molecule has 4 atom stereocenters. The van der Waals surface area contributed by atoms with Crippen LogP contribution in [0.2, 0.25) is 0 Å². The summed E-state index contributed by atoms with van der Waals surface area (Å²) in [6.45, 7) is 5.45. The molecule has 0 aromatic rings. The van der Waals surface area contributed by atoms with Crippen LogP contribution in [0.4, 0.5) is 0 Å². The minimum absolute atomic E-state index is 0.0637. The predicted molar refractivity (Wildman–Crippen MR) is 69.1 cm³/mol. The highest BCUT2D eigenvalue weighted by Crippen LogP contribution is 2.47. The third kappa shape index (κ3) is 1.89. The summed E-state index contributed by atoms with van der Waals surface area (Å²) in [5.74, 6) is -1.92. The fraction of sp³-hybridized carbons (Fsp3) is 0.571. The van der Waals surface area contributed by atoms with Crippen LogP contribution in [-0.4, -0.2) is 39.1 Å². The van der Waals surface area contributed by atoms with Gasteiger partial charge in [0, 0.05) is 5.92 Å². The fourth-order valence-corrected chi connectivity index (χ4v) is 3.06. The SMILES string of the molecule is CC/C=C/C1=C(C(=O)O)N2C(=O)C(C(C)O)C2C1C. The molecule has 19 heavy (non-hydrogen) atoms. The third-order valence-electron chi connectivity index (χ3n) is 3.96. The maximum atomic E-state index is 12.0. The Kier molecular flexibility index (Phi) is 3.49. The normalized spacial score (nSPS) is 31.7. The van der Waals surface area contributed by atoms with Crippen molar-refractivity contribution in [2.24, 2.45) is 11.8 Å². The van der Waals surface area contributed by atoms with E-state index in [9.17, 15) is 19.8 Å². The molecule has 0 radical (unpaired) electrons. The Hall–Kier alpha value is -1.62. The smallest absolute Gasteiger partial charge is 0.352 e. The molecule has 1 amide bonds. The van der Waals surface area contributed by atoms with E-state index in [1.807, 2.05) is 19.9 Å². The summed E-state index contributed by atoms with van der Waals surface area (Å²) in [6.07, 6.45) is 3.74. The van der Waals surface area contributed by atoms with E-state index in [2.05, 4.69) is 0 Å². The Labute approximate surface area is 112 Å².